The maximum absolute atomic E-state index is 12.3. The molecule has 2 heterocycles. The quantitative estimate of drug-likeness (QED) is 0.775. The fourth-order valence-electron chi connectivity index (χ4n) is 3.03. The van der Waals surface area contributed by atoms with Gasteiger partial charge in [0.1, 0.15) is 6.54 Å². The second-order valence-electron chi connectivity index (χ2n) is 5.83. The molecule has 0 radical (unpaired) electrons. The number of benzene rings is 1. The van der Waals surface area contributed by atoms with Crippen molar-refractivity contribution in [2.45, 2.75) is 19.8 Å². The van der Waals surface area contributed by atoms with E-state index in [0.717, 1.165) is 17.7 Å². The van der Waals surface area contributed by atoms with Gasteiger partial charge in [-0.3, -0.25) is 19.3 Å². The summed E-state index contributed by atoms with van der Waals surface area (Å²) in [7, 11) is 0. The SMILES string of the molecule is C[C@@H]1CCCN(C(=O)CN2C(=O)c3ccccc3C2=O)C1. The number of amides is 3. The number of imide groups is 1. The molecular weight excluding hydrogens is 268 g/mol. The van der Waals surface area contributed by atoms with Crippen molar-refractivity contribution >= 4 is 17.7 Å². The Kier molecular flexibility index (Phi) is 3.49. The summed E-state index contributed by atoms with van der Waals surface area (Å²) < 4.78 is 0. The maximum Gasteiger partial charge on any atom is 0.262 e. The molecule has 2 aliphatic heterocycles. The van der Waals surface area contributed by atoms with Gasteiger partial charge in [0.15, 0.2) is 0 Å². The van der Waals surface area contributed by atoms with Crippen LogP contribution in [-0.2, 0) is 4.79 Å². The Morgan fingerprint density at radius 2 is 1.81 bits per heavy atom. The van der Waals surface area contributed by atoms with Gasteiger partial charge in [-0.2, -0.15) is 0 Å². The minimum absolute atomic E-state index is 0.143. The summed E-state index contributed by atoms with van der Waals surface area (Å²) >= 11 is 0. The van der Waals surface area contributed by atoms with Crippen LogP contribution in [0.15, 0.2) is 24.3 Å². The molecular formula is C16H18N2O3. The largest absolute Gasteiger partial charge is 0.341 e. The highest BCUT2D eigenvalue weighted by Crippen LogP contribution is 2.23. The van der Waals surface area contributed by atoms with Crippen molar-refractivity contribution in [1.29, 1.82) is 0 Å². The monoisotopic (exact) mass is 286 g/mol. The van der Waals surface area contributed by atoms with Gasteiger partial charge in [-0.25, -0.2) is 0 Å². The van der Waals surface area contributed by atoms with Crippen LogP contribution >= 0.6 is 0 Å². The molecule has 0 N–H and O–H groups in total. The zero-order valence-electron chi connectivity index (χ0n) is 12.0. The highest BCUT2D eigenvalue weighted by atomic mass is 16.2. The summed E-state index contributed by atoms with van der Waals surface area (Å²) in [5.41, 5.74) is 0.782. The van der Waals surface area contributed by atoms with Crippen LogP contribution in [0.3, 0.4) is 0 Å². The zero-order valence-corrected chi connectivity index (χ0v) is 12.0. The molecule has 1 fully saturated rings. The normalized spacial score (nSPS) is 21.7. The molecule has 1 aromatic carbocycles. The van der Waals surface area contributed by atoms with Crippen LogP contribution < -0.4 is 0 Å². The molecule has 1 atom stereocenters. The summed E-state index contributed by atoms with van der Waals surface area (Å²) in [6.45, 7) is 3.38. The second kappa shape index (κ2) is 5.31. The molecule has 3 rings (SSSR count). The Bertz CT molecular complexity index is 576. The first-order valence-corrected chi connectivity index (χ1v) is 7.31. The van der Waals surface area contributed by atoms with Gasteiger partial charge < -0.3 is 4.90 Å². The Morgan fingerprint density at radius 3 is 2.38 bits per heavy atom. The summed E-state index contributed by atoms with van der Waals surface area (Å²) in [5, 5.41) is 0. The lowest BCUT2D eigenvalue weighted by Crippen LogP contribution is -2.46. The second-order valence-corrected chi connectivity index (χ2v) is 5.83. The average Bonchev–Trinajstić information content (AvgIpc) is 2.73. The molecule has 0 bridgehead atoms. The van der Waals surface area contributed by atoms with E-state index in [1.807, 2.05) is 0 Å². The molecule has 1 aromatic rings. The van der Waals surface area contributed by atoms with Crippen molar-refractivity contribution in [3.8, 4) is 0 Å². The number of hydrogen-bond donors (Lipinski definition) is 0. The number of piperidine rings is 1. The average molecular weight is 286 g/mol. The summed E-state index contributed by atoms with van der Waals surface area (Å²) in [4.78, 5) is 39.6. The van der Waals surface area contributed by atoms with Crippen molar-refractivity contribution in [2.75, 3.05) is 19.6 Å². The number of carbonyl (C=O) groups excluding carboxylic acids is 3. The van der Waals surface area contributed by atoms with Crippen molar-refractivity contribution < 1.29 is 14.4 Å². The summed E-state index contributed by atoms with van der Waals surface area (Å²) in [5.74, 6) is -0.399. The van der Waals surface area contributed by atoms with Gasteiger partial charge in [-0.15, -0.1) is 0 Å². The highest BCUT2D eigenvalue weighted by Gasteiger charge is 2.37. The lowest BCUT2D eigenvalue weighted by Gasteiger charge is -2.31. The number of likely N-dealkylation sites (tertiary alicyclic amines) is 1. The Morgan fingerprint density at radius 1 is 1.19 bits per heavy atom. The molecule has 0 aliphatic carbocycles. The van der Waals surface area contributed by atoms with Gasteiger partial charge in [-0.05, 0) is 30.9 Å². The van der Waals surface area contributed by atoms with Crippen molar-refractivity contribution in [1.82, 2.24) is 9.80 Å². The molecule has 5 heteroatoms. The number of hydrogen-bond acceptors (Lipinski definition) is 3. The molecule has 2 aliphatic rings. The molecule has 5 nitrogen and oxygen atoms in total. The van der Waals surface area contributed by atoms with Gasteiger partial charge in [0.25, 0.3) is 11.8 Å². The van der Waals surface area contributed by atoms with E-state index in [-0.39, 0.29) is 24.3 Å². The van der Waals surface area contributed by atoms with Crippen LogP contribution in [0.1, 0.15) is 40.5 Å². The van der Waals surface area contributed by atoms with E-state index in [9.17, 15) is 14.4 Å². The smallest absolute Gasteiger partial charge is 0.262 e. The fourth-order valence-corrected chi connectivity index (χ4v) is 3.03. The van der Waals surface area contributed by atoms with Gasteiger partial charge in [0, 0.05) is 13.1 Å². The summed E-state index contributed by atoms with van der Waals surface area (Å²) in [6.07, 6.45) is 2.10. The number of nitrogens with zero attached hydrogens (tertiary/aromatic N) is 2. The van der Waals surface area contributed by atoms with E-state index in [0.29, 0.717) is 30.1 Å². The molecule has 110 valence electrons. The minimum Gasteiger partial charge on any atom is -0.341 e. The number of carbonyl (C=O) groups is 3. The lowest BCUT2D eigenvalue weighted by molar-refractivity contribution is -0.133. The van der Waals surface area contributed by atoms with E-state index >= 15 is 0 Å². The molecule has 0 unspecified atom stereocenters. The van der Waals surface area contributed by atoms with Crippen LogP contribution in [-0.4, -0.2) is 47.2 Å². The van der Waals surface area contributed by atoms with E-state index in [1.165, 1.54) is 0 Å². The Labute approximate surface area is 123 Å². The van der Waals surface area contributed by atoms with Gasteiger partial charge in [0.05, 0.1) is 11.1 Å². The molecule has 0 spiro atoms. The standard InChI is InChI=1S/C16H18N2O3/c1-11-5-4-8-17(9-11)14(19)10-18-15(20)12-6-2-3-7-13(12)16(18)21/h2-3,6-7,11H,4-5,8-10H2,1H3/t11-/m1/s1. The predicted octanol–water partition coefficient (Wildman–Crippen LogP) is 1.54. The van der Waals surface area contributed by atoms with Gasteiger partial charge in [0.2, 0.25) is 5.91 Å². The predicted molar refractivity (Wildman–Crippen MR) is 76.8 cm³/mol. The highest BCUT2D eigenvalue weighted by molar-refractivity contribution is 6.22. The number of fused-ring (bicyclic) bond motifs is 1. The van der Waals surface area contributed by atoms with Crippen molar-refractivity contribution in [3.63, 3.8) is 0 Å². The van der Waals surface area contributed by atoms with E-state index < -0.39 is 0 Å². The van der Waals surface area contributed by atoms with Gasteiger partial charge >= 0.3 is 0 Å². The topological polar surface area (TPSA) is 57.7 Å². The fraction of sp³-hybridized carbons (Fsp3) is 0.438. The first kappa shape index (κ1) is 13.8. The van der Waals surface area contributed by atoms with E-state index in [4.69, 9.17) is 0 Å². The van der Waals surface area contributed by atoms with E-state index in [1.54, 1.807) is 29.2 Å². The lowest BCUT2D eigenvalue weighted by atomic mass is 10.0. The molecule has 1 saturated heterocycles. The first-order chi connectivity index (χ1) is 10.1. The minimum atomic E-state index is -0.367. The van der Waals surface area contributed by atoms with Crippen molar-refractivity contribution in [3.05, 3.63) is 35.4 Å². The molecule has 21 heavy (non-hydrogen) atoms. The third-order valence-electron chi connectivity index (χ3n) is 4.18. The van der Waals surface area contributed by atoms with Crippen LogP contribution in [0.4, 0.5) is 0 Å². The van der Waals surface area contributed by atoms with Gasteiger partial charge in [-0.1, -0.05) is 19.1 Å². The zero-order chi connectivity index (χ0) is 15.0. The Hall–Kier alpha value is -2.17. The molecule has 0 aromatic heterocycles. The van der Waals surface area contributed by atoms with Crippen LogP contribution in [0.2, 0.25) is 0 Å². The third kappa shape index (κ3) is 2.44. The molecule has 0 saturated carbocycles. The molecule has 3 amide bonds. The maximum atomic E-state index is 12.3. The number of rotatable bonds is 2. The van der Waals surface area contributed by atoms with Crippen LogP contribution in [0.25, 0.3) is 0 Å². The van der Waals surface area contributed by atoms with Crippen LogP contribution in [0.5, 0.6) is 0 Å². The van der Waals surface area contributed by atoms with E-state index in [2.05, 4.69) is 6.92 Å². The Balaban J connectivity index is 1.73. The van der Waals surface area contributed by atoms with Crippen LogP contribution in [0, 0.1) is 5.92 Å². The first-order valence-electron chi connectivity index (χ1n) is 7.31. The van der Waals surface area contributed by atoms with Crippen molar-refractivity contribution in [2.24, 2.45) is 5.92 Å². The summed E-state index contributed by atoms with van der Waals surface area (Å²) in [6, 6.07) is 6.70. The third-order valence-corrected chi connectivity index (χ3v) is 4.18.